The molecule has 0 aromatic heterocycles. The first-order valence-electron chi connectivity index (χ1n) is 7.58. The predicted octanol–water partition coefficient (Wildman–Crippen LogP) is 3.68. The van der Waals surface area contributed by atoms with Gasteiger partial charge in [-0.15, -0.1) is 0 Å². The van der Waals surface area contributed by atoms with Crippen molar-refractivity contribution in [2.45, 2.75) is 39.0 Å². The van der Waals surface area contributed by atoms with Crippen LogP contribution in [-0.4, -0.2) is 24.2 Å². The molecule has 0 aliphatic carbocycles. The average Bonchev–Trinajstić information content (AvgIpc) is 2.50. The minimum absolute atomic E-state index is 0.0834. The third-order valence-electron chi connectivity index (χ3n) is 3.00. The van der Waals surface area contributed by atoms with Gasteiger partial charge in [0.25, 0.3) is 5.91 Å². The summed E-state index contributed by atoms with van der Waals surface area (Å²) < 4.78 is 5.34. The van der Waals surface area contributed by atoms with Crippen molar-refractivity contribution in [3.05, 3.63) is 29.3 Å². The molecule has 0 aliphatic heterocycles. The Kier molecular flexibility index (Phi) is 9.59. The Hall–Kier alpha value is -1.33. The van der Waals surface area contributed by atoms with E-state index in [1.54, 1.807) is 24.3 Å². The fraction of sp³-hybridized carbons (Fsp3) is 0.500. The molecular weight excluding hydrogens is 320 g/mol. The molecule has 0 bridgehead atoms. The van der Waals surface area contributed by atoms with Gasteiger partial charge >= 0.3 is 0 Å². The number of carbonyl (C=O) groups is 1. The van der Waals surface area contributed by atoms with Crippen LogP contribution in [-0.2, 0) is 4.79 Å². The van der Waals surface area contributed by atoms with Gasteiger partial charge in [-0.05, 0) is 42.9 Å². The molecule has 122 valence electrons. The monoisotopic (exact) mass is 342 g/mol. The summed E-state index contributed by atoms with van der Waals surface area (Å²) in [4.78, 5) is 11.7. The lowest BCUT2D eigenvalue weighted by atomic mass is 10.1. The highest BCUT2D eigenvalue weighted by atomic mass is 35.5. The summed E-state index contributed by atoms with van der Waals surface area (Å²) in [6.45, 7) is 2.88. The molecule has 0 spiro atoms. The zero-order valence-electron chi connectivity index (χ0n) is 12.9. The second kappa shape index (κ2) is 11.3. The number of thiocarbonyl (C=S) groups is 1. The van der Waals surface area contributed by atoms with Crippen LogP contribution in [0.15, 0.2) is 24.3 Å². The second-order valence-electron chi connectivity index (χ2n) is 4.96. The summed E-state index contributed by atoms with van der Waals surface area (Å²) >= 11 is 10.8. The van der Waals surface area contributed by atoms with Crippen molar-refractivity contribution in [2.24, 2.45) is 0 Å². The van der Waals surface area contributed by atoms with Gasteiger partial charge in [0.05, 0.1) is 0 Å². The lowest BCUT2D eigenvalue weighted by Gasteiger charge is -2.10. The minimum Gasteiger partial charge on any atom is -0.484 e. The van der Waals surface area contributed by atoms with Crippen molar-refractivity contribution in [2.75, 3.05) is 13.2 Å². The van der Waals surface area contributed by atoms with E-state index >= 15 is 0 Å². The number of halogens is 1. The Morgan fingerprint density at radius 2 is 1.86 bits per heavy atom. The van der Waals surface area contributed by atoms with E-state index < -0.39 is 0 Å². The fourth-order valence-electron chi connectivity index (χ4n) is 1.82. The molecule has 0 atom stereocenters. The predicted molar refractivity (Wildman–Crippen MR) is 94.4 cm³/mol. The summed E-state index contributed by atoms with van der Waals surface area (Å²) in [5.41, 5.74) is 0. The van der Waals surface area contributed by atoms with Crippen molar-refractivity contribution < 1.29 is 9.53 Å². The summed E-state index contributed by atoms with van der Waals surface area (Å²) in [7, 11) is 0. The highest BCUT2D eigenvalue weighted by Crippen LogP contribution is 2.15. The molecule has 0 saturated carbocycles. The van der Waals surface area contributed by atoms with Gasteiger partial charge in [-0.25, -0.2) is 0 Å². The van der Waals surface area contributed by atoms with Crippen LogP contribution in [0.4, 0.5) is 0 Å². The maximum atomic E-state index is 11.7. The van der Waals surface area contributed by atoms with Crippen LogP contribution in [0.25, 0.3) is 0 Å². The molecular formula is C16H23ClN2O2S. The van der Waals surface area contributed by atoms with Crippen molar-refractivity contribution in [1.29, 1.82) is 0 Å². The van der Waals surface area contributed by atoms with Crippen LogP contribution in [0.5, 0.6) is 5.75 Å². The van der Waals surface area contributed by atoms with Crippen LogP contribution in [0.2, 0.25) is 5.02 Å². The molecule has 0 saturated heterocycles. The Labute approximate surface area is 142 Å². The van der Waals surface area contributed by atoms with E-state index in [0.29, 0.717) is 15.9 Å². The summed E-state index contributed by atoms with van der Waals surface area (Å²) in [6, 6.07) is 6.84. The quantitative estimate of drug-likeness (QED) is 0.531. The molecule has 0 heterocycles. The van der Waals surface area contributed by atoms with Gasteiger partial charge in [0.15, 0.2) is 11.7 Å². The number of amides is 1. The highest BCUT2D eigenvalue weighted by molar-refractivity contribution is 7.80. The minimum atomic E-state index is -0.279. The van der Waals surface area contributed by atoms with E-state index in [0.717, 1.165) is 13.0 Å². The van der Waals surface area contributed by atoms with Crippen LogP contribution < -0.4 is 15.4 Å². The van der Waals surface area contributed by atoms with E-state index in [9.17, 15) is 4.79 Å². The molecule has 0 radical (unpaired) electrons. The molecule has 1 aromatic carbocycles. The number of nitrogens with one attached hydrogen (secondary N) is 2. The topological polar surface area (TPSA) is 50.4 Å². The molecule has 22 heavy (non-hydrogen) atoms. The van der Waals surface area contributed by atoms with Gasteiger partial charge in [-0.1, -0.05) is 44.2 Å². The number of benzene rings is 1. The summed E-state index contributed by atoms with van der Waals surface area (Å²) in [5.74, 6) is 0.313. The van der Waals surface area contributed by atoms with E-state index in [1.807, 2.05) is 0 Å². The molecule has 0 unspecified atom stereocenters. The van der Waals surface area contributed by atoms with E-state index in [4.69, 9.17) is 28.6 Å². The Morgan fingerprint density at radius 3 is 2.55 bits per heavy atom. The van der Waals surface area contributed by atoms with E-state index in [2.05, 4.69) is 17.6 Å². The summed E-state index contributed by atoms with van der Waals surface area (Å²) in [5, 5.41) is 6.59. The van der Waals surface area contributed by atoms with Gasteiger partial charge in [-0.3, -0.25) is 4.79 Å². The number of unbranched alkanes of at least 4 members (excludes halogenated alkanes) is 4. The standard InChI is InChI=1S/C16H23ClN2O2S/c1-2-3-4-5-6-11-18-16(22)19-15(20)12-21-14-9-7-13(17)8-10-14/h7-10H,2-6,11-12H2,1H3,(H2,18,19,20,22). The van der Waals surface area contributed by atoms with Gasteiger partial charge in [0.1, 0.15) is 5.75 Å². The largest absolute Gasteiger partial charge is 0.484 e. The first kappa shape index (κ1) is 18.7. The van der Waals surface area contributed by atoms with E-state index in [1.165, 1.54) is 25.7 Å². The first-order valence-corrected chi connectivity index (χ1v) is 8.36. The van der Waals surface area contributed by atoms with Crippen LogP contribution in [0.3, 0.4) is 0 Å². The zero-order chi connectivity index (χ0) is 16.2. The molecule has 1 aromatic rings. The highest BCUT2D eigenvalue weighted by Gasteiger charge is 2.05. The third-order valence-corrected chi connectivity index (χ3v) is 3.50. The molecule has 4 nitrogen and oxygen atoms in total. The zero-order valence-corrected chi connectivity index (χ0v) is 14.4. The van der Waals surface area contributed by atoms with Crippen molar-refractivity contribution in [3.63, 3.8) is 0 Å². The summed E-state index contributed by atoms with van der Waals surface area (Å²) in [6.07, 6.45) is 5.97. The number of rotatable bonds is 9. The van der Waals surface area contributed by atoms with Crippen LogP contribution in [0.1, 0.15) is 39.0 Å². The Morgan fingerprint density at radius 1 is 1.18 bits per heavy atom. The Bertz CT molecular complexity index is 466. The second-order valence-corrected chi connectivity index (χ2v) is 5.81. The van der Waals surface area contributed by atoms with Gasteiger partial charge < -0.3 is 15.4 Å². The first-order chi connectivity index (χ1) is 10.6. The van der Waals surface area contributed by atoms with Crippen molar-refractivity contribution in [3.8, 4) is 5.75 Å². The number of hydrogen-bond acceptors (Lipinski definition) is 3. The number of carbonyl (C=O) groups excluding carboxylic acids is 1. The molecule has 0 fully saturated rings. The third kappa shape index (κ3) is 8.85. The van der Waals surface area contributed by atoms with E-state index in [-0.39, 0.29) is 12.5 Å². The van der Waals surface area contributed by atoms with Gasteiger partial charge in [-0.2, -0.15) is 0 Å². The maximum absolute atomic E-state index is 11.7. The maximum Gasteiger partial charge on any atom is 0.264 e. The molecule has 2 N–H and O–H groups in total. The van der Waals surface area contributed by atoms with Gasteiger partial charge in [0, 0.05) is 11.6 Å². The van der Waals surface area contributed by atoms with Crippen molar-refractivity contribution >= 4 is 34.8 Å². The number of ether oxygens (including phenoxy) is 1. The Balaban J connectivity index is 2.10. The molecule has 6 heteroatoms. The fourth-order valence-corrected chi connectivity index (χ4v) is 2.16. The molecule has 1 amide bonds. The average molecular weight is 343 g/mol. The lowest BCUT2D eigenvalue weighted by Crippen LogP contribution is -2.41. The SMILES string of the molecule is CCCCCCCNC(=S)NC(=O)COc1ccc(Cl)cc1. The van der Waals surface area contributed by atoms with Crippen molar-refractivity contribution in [1.82, 2.24) is 10.6 Å². The smallest absolute Gasteiger partial charge is 0.264 e. The molecule has 1 rings (SSSR count). The normalized spacial score (nSPS) is 10.1. The van der Waals surface area contributed by atoms with Crippen LogP contribution >= 0.6 is 23.8 Å². The number of hydrogen-bond donors (Lipinski definition) is 2. The lowest BCUT2D eigenvalue weighted by molar-refractivity contribution is -0.121. The molecule has 0 aliphatic rings. The van der Waals surface area contributed by atoms with Gasteiger partial charge in [0.2, 0.25) is 0 Å². The van der Waals surface area contributed by atoms with Crippen LogP contribution in [0, 0.1) is 0 Å².